The molecule has 1 amide bonds. The number of hydrogen-bond donors (Lipinski definition) is 2. The Balaban J connectivity index is 1.50. The van der Waals surface area contributed by atoms with E-state index in [1.807, 2.05) is 42.5 Å². The molecule has 0 saturated heterocycles. The van der Waals surface area contributed by atoms with Gasteiger partial charge >= 0.3 is 17.8 Å². The summed E-state index contributed by atoms with van der Waals surface area (Å²) in [5, 5.41) is 23.7. The van der Waals surface area contributed by atoms with E-state index < -0.39 is 46.0 Å². The number of nitrogens with zero attached hydrogens (tertiary/aromatic N) is 1. The molecule has 4 rings (SSSR count). The zero-order chi connectivity index (χ0) is 28.9. The summed E-state index contributed by atoms with van der Waals surface area (Å²) >= 11 is 0. The van der Waals surface area contributed by atoms with E-state index in [0.29, 0.717) is 11.6 Å². The molecule has 0 bridgehead atoms. The topological polar surface area (TPSA) is 119 Å². The molecule has 0 spiro atoms. The van der Waals surface area contributed by atoms with Crippen LogP contribution < -0.4 is 10.1 Å². The van der Waals surface area contributed by atoms with Crippen molar-refractivity contribution in [3.8, 4) is 22.6 Å². The van der Waals surface area contributed by atoms with Crippen molar-refractivity contribution in [3.05, 3.63) is 124 Å². The number of halogens is 3. The highest BCUT2D eigenvalue weighted by Gasteiger charge is 2.31. The van der Waals surface area contributed by atoms with Crippen molar-refractivity contribution < 1.29 is 37.5 Å². The average Bonchev–Trinajstić information content (AvgIpc) is 2.93. The first kappa shape index (κ1) is 27.8. The monoisotopic (exact) mass is 550 g/mol. The molecule has 8 nitrogen and oxygen atoms in total. The Hall–Kier alpha value is -5.19. The summed E-state index contributed by atoms with van der Waals surface area (Å²) in [4.78, 5) is 35.5. The number of carbonyl (C=O) groups excluding carboxylic acids is 1. The summed E-state index contributed by atoms with van der Waals surface area (Å²) in [5.41, 5.74) is 0.641. The second kappa shape index (κ2) is 11.7. The van der Waals surface area contributed by atoms with Crippen LogP contribution in [0.3, 0.4) is 0 Å². The predicted molar refractivity (Wildman–Crippen MR) is 139 cm³/mol. The number of carbonyl (C=O) groups is 2. The molecule has 1 atom stereocenters. The Morgan fingerprint density at radius 1 is 0.900 bits per heavy atom. The summed E-state index contributed by atoms with van der Waals surface area (Å²) in [5.74, 6) is -2.88. The zero-order valence-corrected chi connectivity index (χ0v) is 20.6. The van der Waals surface area contributed by atoms with Crippen LogP contribution in [0.2, 0.25) is 0 Å². The zero-order valence-electron chi connectivity index (χ0n) is 20.6. The van der Waals surface area contributed by atoms with Gasteiger partial charge in [-0.25, -0.2) is 4.79 Å². The fraction of sp³-hybridized carbons (Fsp3) is 0.103. The Labute approximate surface area is 225 Å². The van der Waals surface area contributed by atoms with E-state index in [9.17, 15) is 38.0 Å². The number of ether oxygens (including phenoxy) is 1. The van der Waals surface area contributed by atoms with Crippen molar-refractivity contribution in [3.63, 3.8) is 0 Å². The molecular formula is C29H21F3N2O6. The molecule has 0 aliphatic rings. The summed E-state index contributed by atoms with van der Waals surface area (Å²) in [6, 6.07) is 22.3. The van der Waals surface area contributed by atoms with Gasteiger partial charge in [-0.15, -0.1) is 0 Å². The van der Waals surface area contributed by atoms with Crippen LogP contribution in [0.25, 0.3) is 11.1 Å². The van der Waals surface area contributed by atoms with Crippen LogP contribution in [0.4, 0.5) is 18.9 Å². The van der Waals surface area contributed by atoms with E-state index in [-0.39, 0.29) is 17.7 Å². The second-order valence-corrected chi connectivity index (χ2v) is 8.70. The van der Waals surface area contributed by atoms with E-state index >= 15 is 0 Å². The third-order valence-corrected chi connectivity index (χ3v) is 5.91. The number of nitro benzene ring substituents is 1. The number of carboxylic acid groups (broad SMARTS) is 1. The summed E-state index contributed by atoms with van der Waals surface area (Å²) < 4.78 is 44.3. The van der Waals surface area contributed by atoms with Crippen molar-refractivity contribution in [1.82, 2.24) is 5.32 Å². The fourth-order valence-corrected chi connectivity index (χ4v) is 3.89. The molecule has 0 radical (unpaired) electrons. The molecule has 204 valence electrons. The number of carboxylic acids is 1. The summed E-state index contributed by atoms with van der Waals surface area (Å²) in [6.07, 6.45) is -4.69. The van der Waals surface area contributed by atoms with Gasteiger partial charge in [0, 0.05) is 18.1 Å². The van der Waals surface area contributed by atoms with Crippen LogP contribution in [0.15, 0.2) is 97.1 Å². The number of aliphatic carboxylic acids is 1. The largest absolute Gasteiger partial charge is 0.480 e. The van der Waals surface area contributed by atoms with Gasteiger partial charge in [-0.05, 0) is 47.0 Å². The minimum Gasteiger partial charge on any atom is -0.480 e. The molecule has 0 heterocycles. The van der Waals surface area contributed by atoms with Crippen molar-refractivity contribution >= 4 is 17.6 Å². The van der Waals surface area contributed by atoms with E-state index in [1.54, 1.807) is 12.1 Å². The number of nitro groups is 1. The molecule has 1 unspecified atom stereocenters. The van der Waals surface area contributed by atoms with Gasteiger partial charge in [-0.3, -0.25) is 14.9 Å². The summed E-state index contributed by atoms with van der Waals surface area (Å²) in [6.45, 7) is 0. The van der Waals surface area contributed by atoms with Crippen LogP contribution >= 0.6 is 0 Å². The lowest BCUT2D eigenvalue weighted by Gasteiger charge is -2.15. The normalized spacial score (nSPS) is 11.9. The first-order valence-corrected chi connectivity index (χ1v) is 11.8. The highest BCUT2D eigenvalue weighted by Crippen LogP contribution is 2.36. The summed E-state index contributed by atoms with van der Waals surface area (Å²) in [7, 11) is 0. The lowest BCUT2D eigenvalue weighted by atomic mass is 10.0. The van der Waals surface area contributed by atoms with Gasteiger partial charge in [0.05, 0.1) is 10.5 Å². The molecule has 0 saturated carbocycles. The van der Waals surface area contributed by atoms with Crippen molar-refractivity contribution in [2.45, 2.75) is 18.6 Å². The fourth-order valence-electron chi connectivity index (χ4n) is 3.89. The third-order valence-electron chi connectivity index (χ3n) is 5.91. The van der Waals surface area contributed by atoms with Gasteiger partial charge in [0.2, 0.25) is 5.75 Å². The van der Waals surface area contributed by atoms with E-state index in [2.05, 4.69) is 5.32 Å². The molecule has 4 aromatic rings. The molecule has 0 aliphatic carbocycles. The molecule has 11 heteroatoms. The number of rotatable bonds is 9. The minimum absolute atomic E-state index is 0.0466. The minimum atomic E-state index is -4.64. The number of hydrogen-bond acceptors (Lipinski definition) is 5. The number of amides is 1. The molecule has 0 aliphatic heterocycles. The number of nitrogens with one attached hydrogen (secondary N) is 1. The molecular weight excluding hydrogens is 529 g/mol. The van der Waals surface area contributed by atoms with Crippen LogP contribution in [0.1, 0.15) is 21.5 Å². The molecule has 2 N–H and O–H groups in total. The number of benzene rings is 4. The number of alkyl halides is 3. The maximum absolute atomic E-state index is 13.0. The predicted octanol–water partition coefficient (Wildman–Crippen LogP) is 6.50. The Morgan fingerprint density at radius 2 is 1.57 bits per heavy atom. The van der Waals surface area contributed by atoms with Gasteiger partial charge < -0.3 is 15.2 Å². The highest BCUT2D eigenvalue weighted by atomic mass is 19.4. The first-order valence-electron chi connectivity index (χ1n) is 11.8. The maximum atomic E-state index is 13.0. The van der Waals surface area contributed by atoms with E-state index in [0.717, 1.165) is 41.5 Å². The maximum Gasteiger partial charge on any atom is 0.416 e. The first-order chi connectivity index (χ1) is 19.0. The molecule has 0 aromatic heterocycles. The molecule has 40 heavy (non-hydrogen) atoms. The van der Waals surface area contributed by atoms with Gasteiger partial charge in [-0.1, -0.05) is 60.7 Å². The van der Waals surface area contributed by atoms with Gasteiger partial charge in [0.1, 0.15) is 11.8 Å². The second-order valence-electron chi connectivity index (χ2n) is 8.70. The Morgan fingerprint density at radius 3 is 2.20 bits per heavy atom. The van der Waals surface area contributed by atoms with Gasteiger partial charge in [0.25, 0.3) is 5.91 Å². The lowest BCUT2D eigenvalue weighted by Crippen LogP contribution is -2.42. The lowest BCUT2D eigenvalue weighted by molar-refractivity contribution is -0.385. The van der Waals surface area contributed by atoms with Crippen LogP contribution in [0, 0.1) is 10.1 Å². The smallest absolute Gasteiger partial charge is 0.416 e. The van der Waals surface area contributed by atoms with Crippen molar-refractivity contribution in [2.24, 2.45) is 0 Å². The Bertz CT molecular complexity index is 1540. The molecule has 0 fully saturated rings. The highest BCUT2D eigenvalue weighted by molar-refractivity contribution is 5.97. The van der Waals surface area contributed by atoms with Crippen LogP contribution in [-0.2, 0) is 17.4 Å². The van der Waals surface area contributed by atoms with Crippen molar-refractivity contribution in [1.29, 1.82) is 0 Å². The Kier molecular flexibility index (Phi) is 8.13. The van der Waals surface area contributed by atoms with Crippen molar-refractivity contribution in [2.75, 3.05) is 0 Å². The average molecular weight is 550 g/mol. The van der Waals surface area contributed by atoms with E-state index in [1.165, 1.54) is 6.07 Å². The SMILES string of the molecule is O=C(NC(Cc1ccc(-c2ccccc2)cc1)C(=O)O)c1ccc(Oc2cccc(C(F)(F)F)c2)c([N+](=O)[O-])c1. The quantitative estimate of drug-likeness (QED) is 0.181. The van der Waals surface area contributed by atoms with Gasteiger partial charge in [-0.2, -0.15) is 13.2 Å². The van der Waals surface area contributed by atoms with E-state index in [4.69, 9.17) is 4.74 Å². The van der Waals surface area contributed by atoms with Crippen LogP contribution in [-0.4, -0.2) is 27.9 Å². The third kappa shape index (κ3) is 6.81. The van der Waals surface area contributed by atoms with Gasteiger partial charge in [0.15, 0.2) is 0 Å². The molecule has 4 aromatic carbocycles. The standard InChI is InChI=1S/C29H21F3N2O6/c30-29(31,32)22-7-4-8-23(17-22)40-26-14-13-21(16-25(26)34(38)39)27(35)33-24(28(36)37)15-18-9-11-20(12-10-18)19-5-2-1-3-6-19/h1-14,16-17,24H,15H2,(H,33,35)(H,36,37). The van der Waals surface area contributed by atoms with Crippen LogP contribution in [0.5, 0.6) is 11.5 Å².